The second kappa shape index (κ2) is 7.90. The predicted octanol–water partition coefficient (Wildman–Crippen LogP) is 5.02. The maximum atomic E-state index is 12.0. The molecule has 1 amide bonds. The van der Waals surface area contributed by atoms with Crippen LogP contribution in [-0.2, 0) is 4.79 Å². The second-order valence-electron chi connectivity index (χ2n) is 5.22. The van der Waals surface area contributed by atoms with Crippen LogP contribution in [0, 0.1) is 10.1 Å². The lowest BCUT2D eigenvalue weighted by molar-refractivity contribution is -0.384. The lowest BCUT2D eigenvalue weighted by Crippen LogP contribution is -2.07. The second-order valence-corrected chi connectivity index (χ2v) is 6.52. The molecule has 1 N–H and O–H groups in total. The first-order valence-electron chi connectivity index (χ1n) is 7.46. The fourth-order valence-corrected chi connectivity index (χ4v) is 3.09. The van der Waals surface area contributed by atoms with E-state index in [9.17, 15) is 14.9 Å². The highest BCUT2D eigenvalue weighted by Crippen LogP contribution is 2.27. The number of thiazole rings is 1. The van der Waals surface area contributed by atoms with E-state index in [1.54, 1.807) is 41.8 Å². The number of anilines is 1. The molecule has 2 aromatic carbocycles. The molecule has 6 nitrogen and oxygen atoms in total. The van der Waals surface area contributed by atoms with Gasteiger partial charge in [0.2, 0.25) is 5.91 Å². The monoisotopic (exact) mass is 385 g/mol. The highest BCUT2D eigenvalue weighted by Gasteiger charge is 2.10. The van der Waals surface area contributed by atoms with Gasteiger partial charge in [-0.15, -0.1) is 11.3 Å². The Kier molecular flexibility index (Phi) is 5.40. The third-order valence-corrected chi connectivity index (χ3v) is 4.36. The van der Waals surface area contributed by atoms with Crippen LogP contribution in [0.25, 0.3) is 17.3 Å². The maximum Gasteiger partial charge on any atom is 0.270 e. The Hall–Kier alpha value is -3.03. The fraction of sp³-hybridized carbons (Fsp3) is 0. The summed E-state index contributed by atoms with van der Waals surface area (Å²) in [6.07, 6.45) is 3.04. The van der Waals surface area contributed by atoms with Crippen LogP contribution in [0.3, 0.4) is 0 Å². The molecule has 0 fully saturated rings. The minimum atomic E-state index is -0.459. The normalized spacial score (nSPS) is 10.8. The highest BCUT2D eigenvalue weighted by molar-refractivity contribution is 7.14. The number of nitro groups is 1. The van der Waals surface area contributed by atoms with Gasteiger partial charge in [-0.05, 0) is 23.8 Å². The molecule has 3 rings (SSSR count). The Bertz CT molecular complexity index is 1000. The summed E-state index contributed by atoms with van der Waals surface area (Å²) in [5.41, 5.74) is 1.98. The first kappa shape index (κ1) is 17.8. The Balaban J connectivity index is 1.69. The van der Waals surface area contributed by atoms with E-state index in [0.29, 0.717) is 21.4 Å². The quantitative estimate of drug-likeness (QED) is 0.379. The molecule has 0 aliphatic heterocycles. The summed E-state index contributed by atoms with van der Waals surface area (Å²) in [5.74, 6) is -0.329. The van der Waals surface area contributed by atoms with E-state index in [4.69, 9.17) is 11.6 Å². The van der Waals surface area contributed by atoms with Crippen LogP contribution in [0.4, 0.5) is 10.8 Å². The number of nitrogens with zero attached hydrogens (tertiary/aromatic N) is 2. The van der Waals surface area contributed by atoms with Crippen molar-refractivity contribution in [2.45, 2.75) is 0 Å². The first-order chi connectivity index (χ1) is 12.5. The minimum absolute atomic E-state index is 0.00876. The molecule has 0 spiro atoms. The topological polar surface area (TPSA) is 85.1 Å². The standard InChI is InChI=1S/C18H12ClN3O3S/c19-14-5-1-3-12(9-14)7-8-17(23)21-18-20-16(11-26-18)13-4-2-6-15(10-13)22(24)25/h1-11H,(H,20,21,23). The van der Waals surface area contributed by atoms with Crippen molar-refractivity contribution in [1.29, 1.82) is 0 Å². The summed E-state index contributed by atoms with van der Waals surface area (Å²) in [5, 5.41) is 16.3. The summed E-state index contributed by atoms with van der Waals surface area (Å²) < 4.78 is 0. The molecule has 1 aromatic heterocycles. The molecule has 0 radical (unpaired) electrons. The summed E-state index contributed by atoms with van der Waals surface area (Å²) >= 11 is 7.14. The van der Waals surface area contributed by atoms with Crippen LogP contribution < -0.4 is 5.32 Å². The van der Waals surface area contributed by atoms with E-state index >= 15 is 0 Å². The molecule has 0 aliphatic rings. The van der Waals surface area contributed by atoms with Crippen molar-refractivity contribution in [1.82, 2.24) is 4.98 Å². The average Bonchev–Trinajstić information content (AvgIpc) is 3.08. The van der Waals surface area contributed by atoms with Crippen molar-refractivity contribution in [2.75, 3.05) is 5.32 Å². The van der Waals surface area contributed by atoms with Crippen LogP contribution in [0.15, 0.2) is 60.0 Å². The van der Waals surface area contributed by atoms with Crippen LogP contribution >= 0.6 is 22.9 Å². The lowest BCUT2D eigenvalue weighted by atomic mass is 10.1. The van der Waals surface area contributed by atoms with Gasteiger partial charge in [0.25, 0.3) is 5.69 Å². The van der Waals surface area contributed by atoms with E-state index in [1.165, 1.54) is 29.5 Å². The summed E-state index contributed by atoms with van der Waals surface area (Å²) in [7, 11) is 0. The third kappa shape index (κ3) is 4.53. The molecule has 3 aromatic rings. The van der Waals surface area contributed by atoms with E-state index < -0.39 is 4.92 Å². The van der Waals surface area contributed by atoms with Crippen molar-refractivity contribution in [3.63, 3.8) is 0 Å². The number of benzene rings is 2. The zero-order valence-electron chi connectivity index (χ0n) is 13.3. The zero-order valence-corrected chi connectivity index (χ0v) is 14.8. The smallest absolute Gasteiger partial charge is 0.270 e. The molecule has 0 bridgehead atoms. The molecule has 0 saturated carbocycles. The van der Waals surface area contributed by atoms with Gasteiger partial charge in [-0.25, -0.2) is 4.98 Å². The number of carbonyl (C=O) groups is 1. The molecule has 0 aliphatic carbocycles. The van der Waals surface area contributed by atoms with Crippen molar-refractivity contribution >= 4 is 45.7 Å². The van der Waals surface area contributed by atoms with Crippen molar-refractivity contribution in [2.24, 2.45) is 0 Å². The lowest BCUT2D eigenvalue weighted by Gasteiger charge is -1.98. The number of non-ortho nitro benzene ring substituents is 1. The van der Waals surface area contributed by atoms with Crippen molar-refractivity contribution in [3.05, 3.63) is 80.7 Å². The van der Waals surface area contributed by atoms with Gasteiger partial charge < -0.3 is 0 Å². The number of nitro benzene ring substituents is 1. The molecule has 26 heavy (non-hydrogen) atoms. The molecular formula is C18H12ClN3O3S. The minimum Gasteiger partial charge on any atom is -0.298 e. The molecule has 0 unspecified atom stereocenters. The number of carbonyl (C=O) groups excluding carboxylic acids is 1. The molecule has 1 heterocycles. The molecule has 0 atom stereocenters. The zero-order chi connectivity index (χ0) is 18.5. The van der Waals surface area contributed by atoms with Crippen molar-refractivity contribution in [3.8, 4) is 11.3 Å². The van der Waals surface area contributed by atoms with Crippen molar-refractivity contribution < 1.29 is 9.72 Å². The van der Waals surface area contributed by atoms with Gasteiger partial charge >= 0.3 is 0 Å². The summed E-state index contributed by atoms with van der Waals surface area (Å²) in [6, 6.07) is 13.3. The molecular weight excluding hydrogens is 374 g/mol. The predicted molar refractivity (Wildman–Crippen MR) is 103 cm³/mol. The number of amides is 1. The number of hydrogen-bond donors (Lipinski definition) is 1. The van der Waals surface area contributed by atoms with E-state index in [1.807, 2.05) is 6.07 Å². The van der Waals surface area contributed by atoms with E-state index in [-0.39, 0.29) is 11.6 Å². The highest BCUT2D eigenvalue weighted by atomic mass is 35.5. The number of halogens is 1. The largest absolute Gasteiger partial charge is 0.298 e. The van der Waals surface area contributed by atoms with Crippen LogP contribution in [-0.4, -0.2) is 15.8 Å². The Morgan fingerprint density at radius 2 is 2.04 bits per heavy atom. The van der Waals surface area contributed by atoms with Gasteiger partial charge in [0.15, 0.2) is 5.13 Å². The maximum absolute atomic E-state index is 12.0. The Labute approximate surface area is 157 Å². The summed E-state index contributed by atoms with van der Waals surface area (Å²) in [4.78, 5) is 26.7. The Morgan fingerprint density at radius 3 is 2.81 bits per heavy atom. The SMILES string of the molecule is O=C(C=Cc1cccc(Cl)c1)Nc1nc(-c2cccc([N+](=O)[O-])c2)cs1. The van der Waals surface area contributed by atoms with Gasteiger partial charge in [-0.2, -0.15) is 0 Å². The number of rotatable bonds is 5. The number of aromatic nitrogens is 1. The molecule has 130 valence electrons. The van der Waals surface area contributed by atoms with Crippen LogP contribution in [0.5, 0.6) is 0 Å². The fourth-order valence-electron chi connectivity index (χ4n) is 2.17. The van der Waals surface area contributed by atoms with Gasteiger partial charge in [0.1, 0.15) is 0 Å². The molecule has 8 heteroatoms. The van der Waals surface area contributed by atoms with E-state index in [0.717, 1.165) is 5.56 Å². The Morgan fingerprint density at radius 1 is 1.23 bits per heavy atom. The third-order valence-electron chi connectivity index (χ3n) is 3.36. The number of hydrogen-bond acceptors (Lipinski definition) is 5. The first-order valence-corrected chi connectivity index (χ1v) is 8.72. The molecule has 0 saturated heterocycles. The van der Waals surface area contributed by atoms with Gasteiger partial charge in [0, 0.05) is 34.2 Å². The van der Waals surface area contributed by atoms with Gasteiger partial charge in [0.05, 0.1) is 10.6 Å². The number of nitrogens with one attached hydrogen (secondary N) is 1. The van der Waals surface area contributed by atoms with Gasteiger partial charge in [-0.3, -0.25) is 20.2 Å². The van der Waals surface area contributed by atoms with E-state index in [2.05, 4.69) is 10.3 Å². The van der Waals surface area contributed by atoms with Gasteiger partial charge in [-0.1, -0.05) is 35.9 Å². The average molecular weight is 386 g/mol. The van der Waals surface area contributed by atoms with Crippen LogP contribution in [0.2, 0.25) is 5.02 Å². The van der Waals surface area contributed by atoms with Crippen LogP contribution in [0.1, 0.15) is 5.56 Å². The summed E-state index contributed by atoms with van der Waals surface area (Å²) in [6.45, 7) is 0.